The summed E-state index contributed by atoms with van der Waals surface area (Å²) in [4.78, 5) is 22.0. The normalized spacial score (nSPS) is 9.71. The van der Waals surface area contributed by atoms with E-state index < -0.39 is 5.91 Å². The molecule has 1 aromatic carbocycles. The number of carbonyl (C=O) groups is 2. The molecule has 0 heterocycles. The van der Waals surface area contributed by atoms with Gasteiger partial charge in [0, 0.05) is 17.8 Å². The van der Waals surface area contributed by atoms with E-state index in [2.05, 4.69) is 5.32 Å². The van der Waals surface area contributed by atoms with E-state index in [9.17, 15) is 9.59 Å². The number of hydrogen-bond acceptors (Lipinski definition) is 4. The van der Waals surface area contributed by atoms with Crippen molar-refractivity contribution in [2.75, 3.05) is 18.5 Å². The monoisotopic (exact) mass is 236 g/mol. The summed E-state index contributed by atoms with van der Waals surface area (Å²) in [6, 6.07) is 6.82. The number of hydrogen-bond donors (Lipinski definition) is 2. The summed E-state index contributed by atoms with van der Waals surface area (Å²) in [6.45, 7) is 2.61. The highest BCUT2D eigenvalue weighted by Gasteiger charge is 2.03. The molecule has 1 rings (SSSR count). The van der Waals surface area contributed by atoms with Gasteiger partial charge < -0.3 is 15.8 Å². The minimum absolute atomic E-state index is 0.244. The fourth-order valence-electron chi connectivity index (χ4n) is 1.32. The fraction of sp³-hybridized carbons (Fsp3) is 0.333. The molecule has 0 fully saturated rings. The lowest BCUT2D eigenvalue weighted by molar-refractivity contribution is -0.142. The van der Waals surface area contributed by atoms with Crippen LogP contribution in [0.5, 0.6) is 0 Å². The lowest BCUT2D eigenvalue weighted by Gasteiger charge is -2.06. The Hall–Kier alpha value is -2.04. The van der Waals surface area contributed by atoms with Crippen LogP contribution in [0, 0.1) is 0 Å². The Morgan fingerprint density at radius 1 is 1.41 bits per heavy atom. The zero-order valence-corrected chi connectivity index (χ0v) is 9.73. The van der Waals surface area contributed by atoms with E-state index in [1.807, 2.05) is 0 Å². The molecule has 0 aromatic heterocycles. The molecular formula is C12H16N2O3. The van der Waals surface area contributed by atoms with Gasteiger partial charge in [0.2, 0.25) is 5.91 Å². The number of carbonyl (C=O) groups excluding carboxylic acids is 2. The lowest BCUT2D eigenvalue weighted by Crippen LogP contribution is -2.13. The Labute approximate surface area is 99.9 Å². The van der Waals surface area contributed by atoms with E-state index in [4.69, 9.17) is 10.5 Å². The Morgan fingerprint density at radius 3 is 2.82 bits per heavy atom. The van der Waals surface area contributed by atoms with Crippen LogP contribution in [0.3, 0.4) is 0 Å². The second kappa shape index (κ2) is 6.52. The molecule has 17 heavy (non-hydrogen) atoms. The van der Waals surface area contributed by atoms with E-state index in [1.54, 1.807) is 31.2 Å². The van der Waals surface area contributed by atoms with Gasteiger partial charge >= 0.3 is 5.97 Å². The first-order valence-electron chi connectivity index (χ1n) is 5.43. The standard InChI is InChI=1S/C12H16N2O3/c1-2-17-11(15)6-7-14-10-5-3-4-9(8-10)12(13)16/h3-5,8,14H,2,6-7H2,1H3,(H2,13,16). The summed E-state index contributed by atoms with van der Waals surface area (Å²) in [6.07, 6.45) is 0.286. The minimum Gasteiger partial charge on any atom is -0.466 e. The third-order valence-corrected chi connectivity index (χ3v) is 2.11. The lowest BCUT2D eigenvalue weighted by atomic mass is 10.2. The Morgan fingerprint density at radius 2 is 2.18 bits per heavy atom. The van der Waals surface area contributed by atoms with Crippen molar-refractivity contribution in [1.29, 1.82) is 0 Å². The van der Waals surface area contributed by atoms with Gasteiger partial charge in [-0.1, -0.05) is 6.07 Å². The highest BCUT2D eigenvalue weighted by atomic mass is 16.5. The average Bonchev–Trinajstić information content (AvgIpc) is 2.30. The molecule has 3 N–H and O–H groups in total. The Bertz CT molecular complexity index is 404. The number of benzene rings is 1. The van der Waals surface area contributed by atoms with Crippen LogP contribution in [0.4, 0.5) is 5.69 Å². The number of ether oxygens (including phenoxy) is 1. The summed E-state index contributed by atoms with van der Waals surface area (Å²) in [5, 5.41) is 3.02. The van der Waals surface area contributed by atoms with Crippen molar-refractivity contribution < 1.29 is 14.3 Å². The zero-order valence-electron chi connectivity index (χ0n) is 9.73. The average molecular weight is 236 g/mol. The van der Waals surface area contributed by atoms with Gasteiger partial charge in [-0.25, -0.2) is 0 Å². The first-order chi connectivity index (χ1) is 8.13. The summed E-state index contributed by atoms with van der Waals surface area (Å²) < 4.78 is 4.79. The van der Waals surface area contributed by atoms with Crippen molar-refractivity contribution >= 4 is 17.6 Å². The Balaban J connectivity index is 2.44. The van der Waals surface area contributed by atoms with Gasteiger partial charge in [-0.3, -0.25) is 9.59 Å². The van der Waals surface area contributed by atoms with Crippen LogP contribution in [0.2, 0.25) is 0 Å². The van der Waals surface area contributed by atoms with Gasteiger partial charge in [0.1, 0.15) is 0 Å². The maximum absolute atomic E-state index is 11.1. The zero-order chi connectivity index (χ0) is 12.7. The highest BCUT2D eigenvalue weighted by Crippen LogP contribution is 2.09. The fourth-order valence-corrected chi connectivity index (χ4v) is 1.32. The van der Waals surface area contributed by atoms with E-state index in [0.717, 1.165) is 5.69 Å². The predicted molar refractivity (Wildman–Crippen MR) is 64.7 cm³/mol. The van der Waals surface area contributed by atoms with Gasteiger partial charge in [0.15, 0.2) is 0 Å². The van der Waals surface area contributed by atoms with E-state index in [0.29, 0.717) is 18.7 Å². The smallest absolute Gasteiger partial charge is 0.307 e. The van der Waals surface area contributed by atoms with Gasteiger partial charge in [-0.2, -0.15) is 0 Å². The number of nitrogens with one attached hydrogen (secondary N) is 1. The van der Waals surface area contributed by atoms with Crippen LogP contribution in [0.15, 0.2) is 24.3 Å². The first kappa shape index (κ1) is 13.0. The molecule has 1 aromatic rings. The minimum atomic E-state index is -0.473. The molecule has 0 saturated heterocycles. The van der Waals surface area contributed by atoms with Gasteiger partial charge in [-0.15, -0.1) is 0 Å². The van der Waals surface area contributed by atoms with Gasteiger partial charge in [0.25, 0.3) is 0 Å². The summed E-state index contributed by atoms with van der Waals surface area (Å²) in [7, 11) is 0. The largest absolute Gasteiger partial charge is 0.466 e. The molecule has 1 amide bonds. The summed E-state index contributed by atoms with van der Waals surface area (Å²) >= 11 is 0. The molecule has 0 radical (unpaired) electrons. The molecule has 92 valence electrons. The second-order valence-electron chi connectivity index (χ2n) is 3.43. The maximum Gasteiger partial charge on any atom is 0.307 e. The molecule has 5 nitrogen and oxygen atoms in total. The number of nitrogens with two attached hydrogens (primary N) is 1. The molecule has 0 spiro atoms. The SMILES string of the molecule is CCOC(=O)CCNc1cccc(C(N)=O)c1. The quantitative estimate of drug-likeness (QED) is 0.726. The third-order valence-electron chi connectivity index (χ3n) is 2.11. The van der Waals surface area contributed by atoms with Crippen LogP contribution in [-0.2, 0) is 9.53 Å². The van der Waals surface area contributed by atoms with Crippen LogP contribution < -0.4 is 11.1 Å². The van der Waals surface area contributed by atoms with Gasteiger partial charge in [-0.05, 0) is 25.1 Å². The topological polar surface area (TPSA) is 81.4 Å². The summed E-state index contributed by atoms with van der Waals surface area (Å²) in [5.74, 6) is -0.718. The molecule has 0 aliphatic carbocycles. The number of amides is 1. The van der Waals surface area contributed by atoms with E-state index >= 15 is 0 Å². The number of primary amides is 1. The van der Waals surface area contributed by atoms with E-state index in [-0.39, 0.29) is 12.4 Å². The van der Waals surface area contributed by atoms with Crippen molar-refractivity contribution in [1.82, 2.24) is 0 Å². The molecule has 0 bridgehead atoms. The van der Waals surface area contributed by atoms with Crippen molar-refractivity contribution in [3.8, 4) is 0 Å². The van der Waals surface area contributed by atoms with E-state index in [1.165, 1.54) is 0 Å². The van der Waals surface area contributed by atoms with Crippen molar-refractivity contribution in [2.24, 2.45) is 5.73 Å². The number of anilines is 1. The van der Waals surface area contributed by atoms with Crippen LogP contribution in [-0.4, -0.2) is 25.0 Å². The molecule has 0 atom stereocenters. The number of rotatable bonds is 6. The molecule has 0 saturated carbocycles. The number of esters is 1. The molecule has 0 aliphatic heterocycles. The molecular weight excluding hydrogens is 220 g/mol. The van der Waals surface area contributed by atoms with Crippen molar-refractivity contribution in [2.45, 2.75) is 13.3 Å². The van der Waals surface area contributed by atoms with Crippen molar-refractivity contribution in [3.05, 3.63) is 29.8 Å². The van der Waals surface area contributed by atoms with Gasteiger partial charge in [0.05, 0.1) is 13.0 Å². The maximum atomic E-state index is 11.1. The van der Waals surface area contributed by atoms with Crippen LogP contribution in [0.1, 0.15) is 23.7 Å². The Kier molecular flexibility index (Phi) is 5.00. The third kappa shape index (κ3) is 4.55. The van der Waals surface area contributed by atoms with Crippen molar-refractivity contribution in [3.63, 3.8) is 0 Å². The predicted octanol–water partition coefficient (Wildman–Crippen LogP) is 1.15. The molecule has 0 unspecified atom stereocenters. The molecule has 0 aliphatic rings. The van der Waals surface area contributed by atoms with Crippen LogP contribution in [0.25, 0.3) is 0 Å². The summed E-state index contributed by atoms with van der Waals surface area (Å²) in [5.41, 5.74) is 6.35. The molecule has 5 heteroatoms. The van der Waals surface area contributed by atoms with Crippen LogP contribution >= 0.6 is 0 Å². The second-order valence-corrected chi connectivity index (χ2v) is 3.43. The first-order valence-corrected chi connectivity index (χ1v) is 5.43. The highest BCUT2D eigenvalue weighted by molar-refractivity contribution is 5.93.